The van der Waals surface area contributed by atoms with E-state index in [1.165, 1.54) is 5.56 Å². The smallest absolute Gasteiger partial charge is 0.410 e. The van der Waals surface area contributed by atoms with Crippen LogP contribution in [0.1, 0.15) is 39.2 Å². The molecule has 2 rings (SSSR count). The van der Waals surface area contributed by atoms with Crippen LogP contribution in [0.3, 0.4) is 0 Å². The molecule has 1 aliphatic heterocycles. The van der Waals surface area contributed by atoms with Crippen molar-refractivity contribution in [1.29, 1.82) is 0 Å². The van der Waals surface area contributed by atoms with Crippen molar-refractivity contribution in [2.45, 2.75) is 57.7 Å². The Morgan fingerprint density at radius 3 is 2.62 bits per heavy atom. The Labute approximate surface area is 127 Å². The molecule has 1 fully saturated rings. The first-order valence-electron chi connectivity index (χ1n) is 7.64. The second kappa shape index (κ2) is 6.48. The van der Waals surface area contributed by atoms with Crippen LogP contribution in [0.2, 0.25) is 0 Å². The van der Waals surface area contributed by atoms with Crippen molar-refractivity contribution in [2.24, 2.45) is 5.73 Å². The lowest BCUT2D eigenvalue weighted by molar-refractivity contribution is 0.00844. The monoisotopic (exact) mass is 290 g/mol. The van der Waals surface area contributed by atoms with Crippen LogP contribution in [0.15, 0.2) is 30.3 Å². The number of hydrogen-bond donors (Lipinski definition) is 1. The van der Waals surface area contributed by atoms with Gasteiger partial charge in [-0.05, 0) is 45.6 Å². The number of carbonyl (C=O) groups is 1. The van der Waals surface area contributed by atoms with Crippen molar-refractivity contribution in [1.82, 2.24) is 4.90 Å². The van der Waals surface area contributed by atoms with E-state index in [1.54, 1.807) is 0 Å². The van der Waals surface area contributed by atoms with Crippen LogP contribution in [-0.2, 0) is 11.2 Å². The summed E-state index contributed by atoms with van der Waals surface area (Å²) in [7, 11) is 0. The van der Waals surface area contributed by atoms with E-state index < -0.39 is 5.60 Å². The molecule has 0 aliphatic carbocycles. The van der Waals surface area contributed by atoms with Crippen molar-refractivity contribution < 1.29 is 9.53 Å². The molecule has 1 aromatic carbocycles. The molecule has 2 N–H and O–H groups in total. The fourth-order valence-corrected chi connectivity index (χ4v) is 2.72. The van der Waals surface area contributed by atoms with Gasteiger partial charge in [-0.3, -0.25) is 0 Å². The van der Waals surface area contributed by atoms with Gasteiger partial charge in [-0.15, -0.1) is 0 Å². The van der Waals surface area contributed by atoms with Gasteiger partial charge in [-0.1, -0.05) is 30.3 Å². The molecule has 0 bridgehead atoms. The van der Waals surface area contributed by atoms with Crippen molar-refractivity contribution in [2.75, 3.05) is 6.54 Å². The van der Waals surface area contributed by atoms with Crippen molar-refractivity contribution >= 4 is 6.09 Å². The minimum absolute atomic E-state index is 0.117. The normalized spacial score (nSPS) is 23.0. The number of likely N-dealkylation sites (tertiary alicyclic amines) is 1. The van der Waals surface area contributed by atoms with Gasteiger partial charge in [0.2, 0.25) is 0 Å². The molecule has 21 heavy (non-hydrogen) atoms. The first kappa shape index (κ1) is 15.8. The zero-order chi connectivity index (χ0) is 15.5. The highest BCUT2D eigenvalue weighted by Crippen LogP contribution is 2.22. The number of piperidine rings is 1. The number of hydrogen-bond acceptors (Lipinski definition) is 3. The van der Waals surface area contributed by atoms with Gasteiger partial charge in [0.15, 0.2) is 0 Å². The molecule has 0 saturated carbocycles. The van der Waals surface area contributed by atoms with E-state index in [2.05, 4.69) is 12.1 Å². The number of nitrogens with two attached hydrogens (primary N) is 1. The van der Waals surface area contributed by atoms with Gasteiger partial charge in [-0.2, -0.15) is 0 Å². The van der Waals surface area contributed by atoms with Crippen LogP contribution in [0.5, 0.6) is 0 Å². The lowest BCUT2D eigenvalue weighted by Gasteiger charge is -2.39. The molecule has 0 aromatic heterocycles. The summed E-state index contributed by atoms with van der Waals surface area (Å²) in [6.45, 7) is 6.36. The van der Waals surface area contributed by atoms with E-state index in [0.717, 1.165) is 19.3 Å². The van der Waals surface area contributed by atoms with Gasteiger partial charge in [0.05, 0.1) is 0 Å². The summed E-state index contributed by atoms with van der Waals surface area (Å²) in [5.41, 5.74) is 6.85. The third-order valence-corrected chi connectivity index (χ3v) is 3.70. The van der Waals surface area contributed by atoms with Gasteiger partial charge in [0.1, 0.15) is 5.60 Å². The van der Waals surface area contributed by atoms with E-state index in [-0.39, 0.29) is 18.2 Å². The molecule has 0 spiro atoms. The summed E-state index contributed by atoms with van der Waals surface area (Å²) in [5.74, 6) is 0. The molecule has 116 valence electrons. The third kappa shape index (κ3) is 4.74. The van der Waals surface area contributed by atoms with Gasteiger partial charge >= 0.3 is 6.09 Å². The molecular weight excluding hydrogens is 264 g/mol. The predicted octanol–water partition coefficient (Wildman–Crippen LogP) is 2.96. The summed E-state index contributed by atoms with van der Waals surface area (Å²) in [6, 6.07) is 10.5. The third-order valence-electron chi connectivity index (χ3n) is 3.70. The number of carbonyl (C=O) groups excluding carboxylic acids is 1. The Balaban J connectivity index is 2.08. The topological polar surface area (TPSA) is 55.6 Å². The fourth-order valence-electron chi connectivity index (χ4n) is 2.72. The van der Waals surface area contributed by atoms with Crippen LogP contribution in [0, 0.1) is 0 Å². The Hall–Kier alpha value is -1.55. The number of rotatable bonds is 2. The van der Waals surface area contributed by atoms with E-state index in [0.29, 0.717) is 6.54 Å². The van der Waals surface area contributed by atoms with Crippen LogP contribution < -0.4 is 5.73 Å². The summed E-state index contributed by atoms with van der Waals surface area (Å²) in [4.78, 5) is 14.2. The number of nitrogens with zero attached hydrogens (tertiary/aromatic N) is 1. The fraction of sp³-hybridized carbons (Fsp3) is 0.588. The molecule has 1 saturated heterocycles. The number of ether oxygens (including phenoxy) is 1. The minimum Gasteiger partial charge on any atom is -0.444 e. The van der Waals surface area contributed by atoms with Crippen molar-refractivity contribution in [3.8, 4) is 0 Å². The molecule has 1 aliphatic rings. The van der Waals surface area contributed by atoms with E-state index in [4.69, 9.17) is 10.5 Å². The highest BCUT2D eigenvalue weighted by molar-refractivity contribution is 5.68. The van der Waals surface area contributed by atoms with Gasteiger partial charge in [0, 0.05) is 18.6 Å². The zero-order valence-electron chi connectivity index (χ0n) is 13.2. The van der Waals surface area contributed by atoms with Gasteiger partial charge in [-0.25, -0.2) is 4.79 Å². The second-order valence-corrected chi connectivity index (χ2v) is 6.80. The standard InChI is InChI=1S/C17H26N2O2/c1-17(2,3)21-16(20)19-10-9-14(18)12-15(19)11-13-7-5-4-6-8-13/h4-8,14-15H,9-12,18H2,1-3H3/t14-,15+/m1/s1. The van der Waals surface area contributed by atoms with E-state index >= 15 is 0 Å². The molecule has 1 aromatic rings. The summed E-state index contributed by atoms with van der Waals surface area (Å²) in [5, 5.41) is 0. The molecule has 2 atom stereocenters. The SMILES string of the molecule is CC(C)(C)OC(=O)N1CC[C@@H](N)C[C@@H]1Cc1ccccc1. The second-order valence-electron chi connectivity index (χ2n) is 6.80. The van der Waals surface area contributed by atoms with Crippen LogP contribution in [-0.4, -0.2) is 35.2 Å². The maximum absolute atomic E-state index is 12.4. The van der Waals surface area contributed by atoms with Crippen molar-refractivity contribution in [3.63, 3.8) is 0 Å². The minimum atomic E-state index is -0.464. The molecular formula is C17H26N2O2. The maximum Gasteiger partial charge on any atom is 0.410 e. The van der Waals surface area contributed by atoms with Crippen LogP contribution in [0.25, 0.3) is 0 Å². The van der Waals surface area contributed by atoms with Crippen LogP contribution >= 0.6 is 0 Å². The summed E-state index contributed by atoms with van der Waals surface area (Å²) in [6.07, 6.45) is 2.27. The highest BCUT2D eigenvalue weighted by atomic mass is 16.6. The quantitative estimate of drug-likeness (QED) is 0.911. The van der Waals surface area contributed by atoms with Crippen LogP contribution in [0.4, 0.5) is 4.79 Å². The summed E-state index contributed by atoms with van der Waals surface area (Å²) < 4.78 is 5.53. The first-order valence-corrected chi connectivity index (χ1v) is 7.64. The Bertz CT molecular complexity index is 467. The van der Waals surface area contributed by atoms with E-state index in [9.17, 15) is 4.79 Å². The molecule has 0 radical (unpaired) electrons. The average molecular weight is 290 g/mol. The predicted molar refractivity (Wildman–Crippen MR) is 84.1 cm³/mol. The maximum atomic E-state index is 12.4. The number of amides is 1. The highest BCUT2D eigenvalue weighted by Gasteiger charge is 2.33. The lowest BCUT2D eigenvalue weighted by Crippen LogP contribution is -2.51. The first-order chi connectivity index (χ1) is 9.85. The zero-order valence-corrected chi connectivity index (χ0v) is 13.2. The Morgan fingerprint density at radius 1 is 1.33 bits per heavy atom. The molecule has 1 amide bonds. The number of benzene rings is 1. The average Bonchev–Trinajstić information content (AvgIpc) is 2.37. The van der Waals surface area contributed by atoms with E-state index in [1.807, 2.05) is 43.9 Å². The Kier molecular flexibility index (Phi) is 4.88. The molecule has 0 unspecified atom stereocenters. The lowest BCUT2D eigenvalue weighted by atomic mass is 9.93. The molecule has 4 nitrogen and oxygen atoms in total. The van der Waals surface area contributed by atoms with Crippen molar-refractivity contribution in [3.05, 3.63) is 35.9 Å². The molecule has 4 heteroatoms. The Morgan fingerprint density at radius 2 is 2.00 bits per heavy atom. The van der Waals surface area contributed by atoms with Gasteiger partial charge in [0.25, 0.3) is 0 Å². The van der Waals surface area contributed by atoms with Gasteiger partial charge < -0.3 is 15.4 Å². The molecule has 1 heterocycles. The summed E-state index contributed by atoms with van der Waals surface area (Å²) >= 11 is 0. The largest absolute Gasteiger partial charge is 0.444 e.